The van der Waals surface area contributed by atoms with E-state index in [1.54, 1.807) is 42.5 Å². The van der Waals surface area contributed by atoms with Crippen molar-refractivity contribution in [3.05, 3.63) is 71.4 Å². The van der Waals surface area contributed by atoms with E-state index < -0.39 is 0 Å². The second-order valence-electron chi connectivity index (χ2n) is 5.10. The summed E-state index contributed by atoms with van der Waals surface area (Å²) in [4.78, 5) is 13.8. The molecule has 3 rings (SSSR count). The lowest BCUT2D eigenvalue weighted by atomic mass is 10.2. The van der Waals surface area contributed by atoms with Crippen LogP contribution >= 0.6 is 11.3 Å². The van der Waals surface area contributed by atoms with Crippen molar-refractivity contribution in [2.75, 3.05) is 11.9 Å². The predicted octanol–water partition coefficient (Wildman–Crippen LogP) is 4.71. The molecule has 0 aliphatic rings. The molecule has 0 saturated carbocycles. The molecule has 0 atom stereocenters. The molecule has 1 N–H and O–H groups in total. The van der Waals surface area contributed by atoms with Crippen molar-refractivity contribution in [1.29, 1.82) is 5.26 Å². The normalized spacial score (nSPS) is 10.1. The maximum absolute atomic E-state index is 13.0. The number of nitrogens with one attached hydrogen (secondary N) is 1. The Bertz CT molecular complexity index is 912. The third-order valence-electron chi connectivity index (χ3n) is 3.37. The lowest BCUT2D eigenvalue weighted by molar-refractivity contribution is 0.103. The van der Waals surface area contributed by atoms with Crippen molar-refractivity contribution in [2.45, 2.75) is 0 Å². The molecule has 124 valence electrons. The Morgan fingerprint density at radius 2 is 1.80 bits per heavy atom. The molecule has 2 aromatic carbocycles. The lowest BCUT2D eigenvalue weighted by Crippen LogP contribution is -2.09. The number of carbonyl (C=O) groups is 1. The largest absolute Gasteiger partial charge is 0.479 e. The summed E-state index contributed by atoms with van der Waals surface area (Å²) in [5.74, 6) is 0.0544. The van der Waals surface area contributed by atoms with Crippen LogP contribution in [0.25, 0.3) is 10.4 Å². The number of nitriles is 1. The third-order valence-corrected chi connectivity index (χ3v) is 4.51. The van der Waals surface area contributed by atoms with Gasteiger partial charge in [-0.3, -0.25) is 4.79 Å². The molecule has 1 amide bonds. The SMILES string of the molecule is N#CCOc1ccc(NC(=O)c2ccc(-c3ccc(F)cc3)s2)cc1. The monoisotopic (exact) mass is 352 g/mol. The van der Waals surface area contributed by atoms with Gasteiger partial charge in [-0.25, -0.2) is 4.39 Å². The van der Waals surface area contributed by atoms with Crippen LogP contribution in [-0.4, -0.2) is 12.5 Å². The number of ether oxygens (including phenoxy) is 1. The number of benzene rings is 2. The molecule has 4 nitrogen and oxygen atoms in total. The van der Waals surface area contributed by atoms with Crippen molar-refractivity contribution >= 4 is 22.9 Å². The van der Waals surface area contributed by atoms with Crippen LogP contribution in [0.1, 0.15) is 9.67 Å². The first-order chi connectivity index (χ1) is 12.2. The Morgan fingerprint density at radius 1 is 1.08 bits per heavy atom. The fourth-order valence-electron chi connectivity index (χ4n) is 2.17. The molecule has 6 heteroatoms. The van der Waals surface area contributed by atoms with Crippen molar-refractivity contribution < 1.29 is 13.9 Å². The van der Waals surface area contributed by atoms with E-state index in [1.165, 1.54) is 23.5 Å². The van der Waals surface area contributed by atoms with Crippen LogP contribution in [0.5, 0.6) is 5.75 Å². The fourth-order valence-corrected chi connectivity index (χ4v) is 3.08. The lowest BCUT2D eigenvalue weighted by Gasteiger charge is -2.05. The average Bonchev–Trinajstić information content (AvgIpc) is 3.12. The Kier molecular flexibility index (Phi) is 5.07. The fraction of sp³-hybridized carbons (Fsp3) is 0.0526. The van der Waals surface area contributed by atoms with Crippen LogP contribution in [-0.2, 0) is 0 Å². The van der Waals surface area contributed by atoms with Gasteiger partial charge in [0, 0.05) is 10.6 Å². The highest BCUT2D eigenvalue weighted by Crippen LogP contribution is 2.29. The molecule has 1 heterocycles. The maximum Gasteiger partial charge on any atom is 0.265 e. The van der Waals surface area contributed by atoms with E-state index in [4.69, 9.17) is 10.00 Å². The minimum absolute atomic E-state index is 0.0208. The standard InChI is InChI=1S/C19H13FN2O2S/c20-14-3-1-13(2-4-14)17-9-10-18(25-17)19(23)22-15-5-7-16(8-6-15)24-12-11-21/h1-10H,12H2,(H,22,23). The summed E-state index contributed by atoms with van der Waals surface area (Å²) >= 11 is 1.34. The first-order valence-electron chi connectivity index (χ1n) is 7.42. The molecular weight excluding hydrogens is 339 g/mol. The number of rotatable bonds is 5. The molecule has 0 unspecified atom stereocenters. The minimum atomic E-state index is -0.291. The van der Waals surface area contributed by atoms with Gasteiger partial charge in [-0.2, -0.15) is 5.26 Å². The van der Waals surface area contributed by atoms with Crippen molar-refractivity contribution in [3.63, 3.8) is 0 Å². The smallest absolute Gasteiger partial charge is 0.265 e. The van der Waals surface area contributed by atoms with E-state index in [9.17, 15) is 9.18 Å². The Hall–Kier alpha value is -3.17. The minimum Gasteiger partial charge on any atom is -0.479 e. The highest BCUT2D eigenvalue weighted by molar-refractivity contribution is 7.17. The highest BCUT2D eigenvalue weighted by atomic mass is 32.1. The molecule has 0 saturated heterocycles. The topological polar surface area (TPSA) is 62.1 Å². The number of amides is 1. The number of hydrogen-bond acceptors (Lipinski definition) is 4. The number of anilines is 1. The van der Waals surface area contributed by atoms with Crippen LogP contribution < -0.4 is 10.1 Å². The van der Waals surface area contributed by atoms with E-state index in [-0.39, 0.29) is 18.3 Å². The van der Waals surface area contributed by atoms with Gasteiger partial charge in [-0.1, -0.05) is 12.1 Å². The molecule has 0 bridgehead atoms. The van der Waals surface area contributed by atoms with E-state index in [1.807, 2.05) is 12.1 Å². The van der Waals surface area contributed by atoms with Gasteiger partial charge >= 0.3 is 0 Å². The first kappa shape index (κ1) is 16.7. The van der Waals surface area contributed by atoms with Crippen molar-refractivity contribution in [3.8, 4) is 22.3 Å². The van der Waals surface area contributed by atoms with Gasteiger partial charge in [0.2, 0.25) is 0 Å². The molecular formula is C19H13FN2O2S. The molecule has 25 heavy (non-hydrogen) atoms. The number of hydrogen-bond donors (Lipinski definition) is 1. The van der Waals surface area contributed by atoms with Gasteiger partial charge in [0.15, 0.2) is 6.61 Å². The Morgan fingerprint density at radius 3 is 2.48 bits per heavy atom. The zero-order valence-electron chi connectivity index (χ0n) is 13.0. The molecule has 0 radical (unpaired) electrons. The quantitative estimate of drug-likeness (QED) is 0.723. The number of carbonyl (C=O) groups excluding carboxylic acids is 1. The molecule has 0 fully saturated rings. The van der Waals surface area contributed by atoms with Crippen molar-refractivity contribution in [1.82, 2.24) is 0 Å². The Labute approximate surface area is 148 Å². The highest BCUT2D eigenvalue weighted by Gasteiger charge is 2.11. The second-order valence-corrected chi connectivity index (χ2v) is 6.18. The van der Waals surface area contributed by atoms with E-state index in [2.05, 4.69) is 5.32 Å². The summed E-state index contributed by atoms with van der Waals surface area (Å²) in [5, 5.41) is 11.3. The van der Waals surface area contributed by atoms with Crippen LogP contribution in [0.4, 0.5) is 10.1 Å². The summed E-state index contributed by atoms with van der Waals surface area (Å²) in [6.07, 6.45) is 0. The van der Waals surface area contributed by atoms with E-state index in [0.717, 1.165) is 10.4 Å². The Balaban J connectivity index is 1.67. The number of nitrogens with zero attached hydrogens (tertiary/aromatic N) is 1. The molecule has 0 aliphatic carbocycles. The zero-order valence-corrected chi connectivity index (χ0v) is 13.8. The van der Waals surface area contributed by atoms with Crippen molar-refractivity contribution in [2.24, 2.45) is 0 Å². The summed E-state index contributed by atoms with van der Waals surface area (Å²) in [6, 6.07) is 18.4. The summed E-state index contributed by atoms with van der Waals surface area (Å²) in [6.45, 7) is -0.0208. The van der Waals surface area contributed by atoms with Gasteiger partial charge in [-0.15, -0.1) is 11.3 Å². The van der Waals surface area contributed by atoms with Crippen LogP contribution in [0.3, 0.4) is 0 Å². The van der Waals surface area contributed by atoms with Gasteiger partial charge in [0.1, 0.15) is 17.6 Å². The molecule has 3 aromatic rings. The van der Waals surface area contributed by atoms with Gasteiger partial charge in [0.05, 0.1) is 4.88 Å². The third kappa shape index (κ3) is 4.22. The average molecular weight is 352 g/mol. The summed E-state index contributed by atoms with van der Waals surface area (Å²) in [7, 11) is 0. The van der Waals surface area contributed by atoms with Gasteiger partial charge in [0.25, 0.3) is 5.91 Å². The summed E-state index contributed by atoms with van der Waals surface area (Å²) in [5.41, 5.74) is 1.50. The van der Waals surface area contributed by atoms with Gasteiger partial charge < -0.3 is 10.1 Å². The number of thiophene rings is 1. The predicted molar refractivity (Wildman–Crippen MR) is 95.2 cm³/mol. The number of halogens is 1. The summed E-state index contributed by atoms with van der Waals surface area (Å²) < 4.78 is 18.2. The second kappa shape index (κ2) is 7.60. The molecule has 0 aliphatic heterocycles. The van der Waals surface area contributed by atoms with E-state index in [0.29, 0.717) is 16.3 Å². The van der Waals surface area contributed by atoms with E-state index >= 15 is 0 Å². The molecule has 0 spiro atoms. The molecule has 1 aromatic heterocycles. The van der Waals surface area contributed by atoms with Crippen LogP contribution in [0.2, 0.25) is 0 Å². The maximum atomic E-state index is 13.0. The van der Waals surface area contributed by atoms with Crippen LogP contribution in [0.15, 0.2) is 60.7 Å². The van der Waals surface area contributed by atoms with Gasteiger partial charge in [-0.05, 0) is 54.1 Å². The first-order valence-corrected chi connectivity index (χ1v) is 8.24. The zero-order chi connectivity index (χ0) is 17.6. The van der Waals surface area contributed by atoms with Crippen LogP contribution in [0, 0.1) is 17.1 Å².